The van der Waals surface area contributed by atoms with Crippen LogP contribution < -0.4 is 11.1 Å². The lowest BCUT2D eigenvalue weighted by molar-refractivity contribution is 0.693. The minimum atomic E-state index is 0.651. The van der Waals surface area contributed by atoms with Gasteiger partial charge in [0.05, 0.1) is 17.6 Å². The molecule has 0 bridgehead atoms. The van der Waals surface area contributed by atoms with Crippen LogP contribution in [0.25, 0.3) is 0 Å². The van der Waals surface area contributed by atoms with E-state index >= 15 is 0 Å². The zero-order valence-electron chi connectivity index (χ0n) is 8.53. The molecule has 1 aliphatic rings. The van der Waals surface area contributed by atoms with Crippen LogP contribution in [0, 0.1) is 5.92 Å². The van der Waals surface area contributed by atoms with E-state index in [-0.39, 0.29) is 0 Å². The van der Waals surface area contributed by atoms with Crippen molar-refractivity contribution in [2.45, 2.75) is 32.2 Å². The van der Waals surface area contributed by atoms with Gasteiger partial charge in [0.15, 0.2) is 0 Å². The molecule has 3 N–H and O–H groups in total. The van der Waals surface area contributed by atoms with Crippen LogP contribution in [-0.4, -0.2) is 11.0 Å². The van der Waals surface area contributed by atoms with Crippen molar-refractivity contribution in [3.8, 4) is 0 Å². The first kappa shape index (κ1) is 9.31. The number of nitrogen functional groups attached to an aromatic ring is 1. The summed E-state index contributed by atoms with van der Waals surface area (Å²) in [5.74, 6) is 0.862. The number of nitrogens with zero attached hydrogens (tertiary/aromatic N) is 1. The van der Waals surface area contributed by atoms with Crippen LogP contribution in [0.3, 0.4) is 0 Å². The summed E-state index contributed by atoms with van der Waals surface area (Å²) in [5.41, 5.74) is 7.42. The number of hydrogen-bond acceptors (Lipinski definition) is 3. The molecule has 0 aliphatic heterocycles. The number of hydrogen-bond donors (Lipinski definition) is 2. The van der Waals surface area contributed by atoms with Gasteiger partial charge in [-0.2, -0.15) is 0 Å². The molecule has 0 saturated heterocycles. The first-order valence-corrected chi connectivity index (χ1v) is 5.26. The van der Waals surface area contributed by atoms with Gasteiger partial charge in [-0.25, -0.2) is 0 Å². The molecule has 0 amide bonds. The molecule has 2 unspecified atom stereocenters. The fourth-order valence-corrected chi connectivity index (χ4v) is 1.86. The predicted octanol–water partition coefficient (Wildman–Crippen LogP) is 2.26. The second kappa shape index (κ2) is 3.86. The average molecular weight is 191 g/mol. The summed E-state index contributed by atoms with van der Waals surface area (Å²) in [7, 11) is 0. The molecule has 3 nitrogen and oxygen atoms in total. The molecule has 1 heterocycles. The van der Waals surface area contributed by atoms with E-state index in [9.17, 15) is 0 Å². The fourth-order valence-electron chi connectivity index (χ4n) is 1.86. The van der Waals surface area contributed by atoms with Gasteiger partial charge in [-0.1, -0.05) is 13.3 Å². The third-order valence-corrected chi connectivity index (χ3v) is 2.69. The first-order valence-electron chi connectivity index (χ1n) is 5.26. The highest BCUT2D eigenvalue weighted by molar-refractivity contribution is 5.52. The molecule has 2 rings (SSSR count). The molecular weight excluding hydrogens is 174 g/mol. The summed E-state index contributed by atoms with van der Waals surface area (Å²) < 4.78 is 0. The van der Waals surface area contributed by atoms with Crippen LogP contribution in [0.5, 0.6) is 0 Å². The summed E-state index contributed by atoms with van der Waals surface area (Å²) in [5, 5.41) is 3.45. The molecule has 1 fully saturated rings. The zero-order valence-corrected chi connectivity index (χ0v) is 8.53. The van der Waals surface area contributed by atoms with Crippen LogP contribution in [-0.2, 0) is 0 Å². The van der Waals surface area contributed by atoms with E-state index in [1.807, 2.05) is 12.3 Å². The molecule has 0 spiro atoms. The smallest absolute Gasteiger partial charge is 0.0549 e. The third kappa shape index (κ3) is 2.16. The molecular formula is C11H17N3. The molecule has 0 radical (unpaired) electrons. The summed E-state index contributed by atoms with van der Waals surface area (Å²) in [6.07, 6.45) is 7.40. The topological polar surface area (TPSA) is 50.9 Å². The molecule has 1 aromatic rings. The Kier molecular flexibility index (Phi) is 2.57. The maximum Gasteiger partial charge on any atom is 0.0549 e. The maximum absolute atomic E-state index is 5.65. The molecule has 1 saturated carbocycles. The minimum absolute atomic E-state index is 0.651. The van der Waals surface area contributed by atoms with E-state index in [1.165, 1.54) is 19.3 Å². The quantitative estimate of drug-likeness (QED) is 0.767. The molecule has 2 atom stereocenters. The Morgan fingerprint density at radius 3 is 3.14 bits per heavy atom. The SMILES string of the molecule is CCCC1CC1Nc1cncc(N)c1. The van der Waals surface area contributed by atoms with Gasteiger partial charge < -0.3 is 11.1 Å². The highest BCUT2D eigenvalue weighted by Gasteiger charge is 2.35. The van der Waals surface area contributed by atoms with Gasteiger partial charge in [-0.3, -0.25) is 4.98 Å². The van der Waals surface area contributed by atoms with Gasteiger partial charge in [0.25, 0.3) is 0 Å². The lowest BCUT2D eigenvalue weighted by atomic mass is 10.2. The van der Waals surface area contributed by atoms with Crippen molar-refractivity contribution in [1.29, 1.82) is 0 Å². The maximum atomic E-state index is 5.65. The second-order valence-electron chi connectivity index (χ2n) is 4.04. The summed E-state index contributed by atoms with van der Waals surface area (Å²) in [4.78, 5) is 4.05. The van der Waals surface area contributed by atoms with E-state index in [0.717, 1.165) is 17.3 Å². The van der Waals surface area contributed by atoms with Crippen molar-refractivity contribution >= 4 is 11.4 Å². The molecule has 76 valence electrons. The van der Waals surface area contributed by atoms with Crippen LogP contribution in [0.15, 0.2) is 18.5 Å². The van der Waals surface area contributed by atoms with E-state index < -0.39 is 0 Å². The van der Waals surface area contributed by atoms with Crippen molar-refractivity contribution in [3.63, 3.8) is 0 Å². The predicted molar refractivity (Wildman–Crippen MR) is 59.1 cm³/mol. The Morgan fingerprint density at radius 2 is 2.43 bits per heavy atom. The zero-order chi connectivity index (χ0) is 9.97. The van der Waals surface area contributed by atoms with Crippen LogP contribution in [0.1, 0.15) is 26.2 Å². The van der Waals surface area contributed by atoms with Gasteiger partial charge in [-0.15, -0.1) is 0 Å². The van der Waals surface area contributed by atoms with E-state index in [0.29, 0.717) is 6.04 Å². The Labute approximate surface area is 84.7 Å². The average Bonchev–Trinajstić information content (AvgIpc) is 2.84. The van der Waals surface area contributed by atoms with Crippen molar-refractivity contribution < 1.29 is 0 Å². The highest BCUT2D eigenvalue weighted by atomic mass is 15.0. The lowest BCUT2D eigenvalue weighted by Gasteiger charge is -2.05. The Balaban J connectivity index is 1.87. The minimum Gasteiger partial charge on any atom is -0.397 e. The second-order valence-corrected chi connectivity index (χ2v) is 4.04. The number of rotatable bonds is 4. The first-order chi connectivity index (χ1) is 6.79. The van der Waals surface area contributed by atoms with Gasteiger partial charge in [-0.05, 0) is 24.8 Å². The molecule has 3 heteroatoms. The van der Waals surface area contributed by atoms with Gasteiger partial charge >= 0.3 is 0 Å². The van der Waals surface area contributed by atoms with Crippen molar-refractivity contribution in [3.05, 3.63) is 18.5 Å². The Morgan fingerprint density at radius 1 is 1.57 bits per heavy atom. The standard InChI is InChI=1S/C11H17N3/c1-2-3-8-4-11(8)14-10-5-9(12)6-13-7-10/h5-8,11,14H,2-4,12H2,1H3. The monoisotopic (exact) mass is 191 g/mol. The summed E-state index contributed by atoms with van der Waals surface area (Å²) >= 11 is 0. The molecule has 1 aromatic heterocycles. The molecule has 14 heavy (non-hydrogen) atoms. The molecule has 1 aliphatic carbocycles. The van der Waals surface area contributed by atoms with Gasteiger partial charge in [0.2, 0.25) is 0 Å². The highest BCUT2D eigenvalue weighted by Crippen LogP contribution is 2.37. The van der Waals surface area contributed by atoms with Crippen molar-refractivity contribution in [2.24, 2.45) is 5.92 Å². The van der Waals surface area contributed by atoms with Gasteiger partial charge in [0.1, 0.15) is 0 Å². The fraction of sp³-hybridized carbons (Fsp3) is 0.545. The normalized spacial score (nSPS) is 24.6. The largest absolute Gasteiger partial charge is 0.397 e. The van der Waals surface area contributed by atoms with Crippen molar-refractivity contribution in [1.82, 2.24) is 4.98 Å². The number of nitrogens with one attached hydrogen (secondary N) is 1. The number of aromatic nitrogens is 1. The van der Waals surface area contributed by atoms with Crippen molar-refractivity contribution in [2.75, 3.05) is 11.1 Å². The number of nitrogens with two attached hydrogens (primary N) is 1. The summed E-state index contributed by atoms with van der Waals surface area (Å²) in [6, 6.07) is 2.59. The summed E-state index contributed by atoms with van der Waals surface area (Å²) in [6.45, 7) is 2.23. The van der Waals surface area contributed by atoms with Gasteiger partial charge in [0, 0.05) is 12.2 Å². The molecule has 0 aromatic carbocycles. The Hall–Kier alpha value is -1.25. The number of anilines is 2. The van der Waals surface area contributed by atoms with E-state index in [2.05, 4.69) is 17.2 Å². The number of pyridine rings is 1. The van der Waals surface area contributed by atoms with E-state index in [4.69, 9.17) is 5.73 Å². The lowest BCUT2D eigenvalue weighted by Crippen LogP contribution is -2.05. The van der Waals surface area contributed by atoms with Crippen LogP contribution in [0.2, 0.25) is 0 Å². The van der Waals surface area contributed by atoms with Crippen LogP contribution >= 0.6 is 0 Å². The van der Waals surface area contributed by atoms with E-state index in [1.54, 1.807) is 6.20 Å². The van der Waals surface area contributed by atoms with Crippen LogP contribution in [0.4, 0.5) is 11.4 Å². The third-order valence-electron chi connectivity index (χ3n) is 2.69. The Bertz CT molecular complexity index is 311.